The first-order valence-corrected chi connectivity index (χ1v) is 9.12. The zero-order chi connectivity index (χ0) is 20.6. The Morgan fingerprint density at radius 3 is 2.24 bits per heavy atom. The van der Waals surface area contributed by atoms with Gasteiger partial charge in [-0.2, -0.15) is 0 Å². The van der Waals surface area contributed by atoms with Gasteiger partial charge in [0.2, 0.25) is 5.91 Å². The van der Waals surface area contributed by atoms with E-state index in [-0.39, 0.29) is 18.9 Å². The van der Waals surface area contributed by atoms with Crippen molar-refractivity contribution in [1.82, 2.24) is 0 Å². The number of aryl methyl sites for hydroxylation is 1. The maximum atomic E-state index is 12.1. The predicted molar refractivity (Wildman–Crippen MR) is 111 cm³/mol. The van der Waals surface area contributed by atoms with Crippen molar-refractivity contribution in [1.29, 1.82) is 0 Å². The average Bonchev–Trinajstić information content (AvgIpc) is 2.69. The van der Waals surface area contributed by atoms with Gasteiger partial charge in [0.1, 0.15) is 17.2 Å². The van der Waals surface area contributed by atoms with Gasteiger partial charge in [-0.1, -0.05) is 24.3 Å². The van der Waals surface area contributed by atoms with Crippen LogP contribution >= 0.6 is 0 Å². The molecule has 0 spiro atoms. The molecule has 0 atom stereocenters. The Balaban J connectivity index is 1.48. The number of ether oxygens (including phenoxy) is 2. The van der Waals surface area contributed by atoms with Crippen molar-refractivity contribution in [3.63, 3.8) is 0 Å². The third kappa shape index (κ3) is 6.39. The van der Waals surface area contributed by atoms with Crippen LogP contribution in [0.25, 0.3) is 0 Å². The van der Waals surface area contributed by atoms with Crippen molar-refractivity contribution in [3.05, 3.63) is 83.9 Å². The molecule has 148 valence electrons. The number of amides is 2. The van der Waals surface area contributed by atoms with Crippen LogP contribution in [0, 0.1) is 6.92 Å². The minimum atomic E-state index is -0.395. The van der Waals surface area contributed by atoms with Gasteiger partial charge in [-0.05, 0) is 66.6 Å². The molecule has 0 aliphatic carbocycles. The fourth-order valence-electron chi connectivity index (χ4n) is 2.67. The van der Waals surface area contributed by atoms with Crippen molar-refractivity contribution in [2.45, 2.75) is 13.3 Å². The van der Waals surface area contributed by atoms with E-state index in [9.17, 15) is 9.59 Å². The second-order valence-electron chi connectivity index (χ2n) is 6.57. The molecule has 0 saturated carbocycles. The molecular formula is C23H22N2O4. The Labute approximate surface area is 169 Å². The molecule has 0 aliphatic heterocycles. The predicted octanol–water partition coefficient (Wildman–Crippen LogP) is 3.83. The summed E-state index contributed by atoms with van der Waals surface area (Å²) in [7, 11) is 0. The summed E-state index contributed by atoms with van der Waals surface area (Å²) < 4.78 is 11.3. The molecule has 0 saturated heterocycles. The van der Waals surface area contributed by atoms with Crippen LogP contribution in [0.2, 0.25) is 0 Å². The van der Waals surface area contributed by atoms with Crippen LogP contribution in [0.4, 0.5) is 5.69 Å². The number of rotatable bonds is 8. The van der Waals surface area contributed by atoms with E-state index in [4.69, 9.17) is 15.2 Å². The van der Waals surface area contributed by atoms with E-state index < -0.39 is 5.91 Å². The number of carbonyl (C=O) groups excluding carboxylic acids is 2. The molecule has 0 aromatic heterocycles. The molecule has 3 N–H and O–H groups in total. The summed E-state index contributed by atoms with van der Waals surface area (Å²) >= 11 is 0. The van der Waals surface area contributed by atoms with Crippen LogP contribution in [-0.2, 0) is 16.0 Å². The van der Waals surface area contributed by atoms with Gasteiger partial charge in [-0.25, -0.2) is 0 Å². The Hall–Kier alpha value is -3.80. The number of anilines is 1. The minimum Gasteiger partial charge on any atom is -0.484 e. The van der Waals surface area contributed by atoms with Crippen molar-refractivity contribution in [2.24, 2.45) is 5.73 Å². The van der Waals surface area contributed by atoms with E-state index in [0.29, 0.717) is 17.2 Å². The van der Waals surface area contributed by atoms with E-state index >= 15 is 0 Å². The number of primary amides is 1. The molecule has 0 radical (unpaired) electrons. The van der Waals surface area contributed by atoms with Gasteiger partial charge in [0.05, 0.1) is 6.42 Å². The maximum absolute atomic E-state index is 12.1. The molecule has 29 heavy (non-hydrogen) atoms. The molecule has 3 aromatic carbocycles. The standard InChI is InChI=1S/C23H22N2O4/c1-16-3-2-4-21(13-16)29-20-11-7-18(8-12-20)25-23(27)15-28-19-9-5-17(6-10-19)14-22(24)26/h2-13H,14-15H2,1H3,(H2,24,26)(H,25,27). The third-order valence-electron chi connectivity index (χ3n) is 4.03. The summed E-state index contributed by atoms with van der Waals surface area (Å²) in [6.07, 6.45) is 0.171. The molecule has 2 amide bonds. The Bertz CT molecular complexity index is 983. The van der Waals surface area contributed by atoms with Crippen molar-refractivity contribution in [2.75, 3.05) is 11.9 Å². The topological polar surface area (TPSA) is 90.7 Å². The molecule has 0 fully saturated rings. The highest BCUT2D eigenvalue weighted by Crippen LogP contribution is 2.23. The SMILES string of the molecule is Cc1cccc(Oc2ccc(NC(=O)COc3ccc(CC(N)=O)cc3)cc2)c1. The van der Waals surface area contributed by atoms with Crippen LogP contribution in [-0.4, -0.2) is 18.4 Å². The summed E-state index contributed by atoms with van der Waals surface area (Å²) in [5.74, 6) is 1.31. The normalized spacial score (nSPS) is 10.2. The van der Waals surface area contributed by atoms with Crippen LogP contribution in [0.5, 0.6) is 17.2 Å². The average molecular weight is 390 g/mol. The first kappa shape index (κ1) is 19.9. The van der Waals surface area contributed by atoms with Gasteiger partial charge in [-0.15, -0.1) is 0 Å². The van der Waals surface area contributed by atoms with Gasteiger partial charge in [-0.3, -0.25) is 9.59 Å². The van der Waals surface area contributed by atoms with E-state index in [2.05, 4.69) is 5.32 Å². The molecule has 6 heteroatoms. The summed E-state index contributed by atoms with van der Waals surface area (Å²) in [6, 6.07) is 21.8. The summed E-state index contributed by atoms with van der Waals surface area (Å²) in [4.78, 5) is 23.0. The fourth-order valence-corrected chi connectivity index (χ4v) is 2.67. The van der Waals surface area contributed by atoms with Gasteiger partial charge in [0, 0.05) is 5.69 Å². The number of hydrogen-bond donors (Lipinski definition) is 2. The molecule has 0 heterocycles. The molecule has 0 aliphatic rings. The van der Waals surface area contributed by atoms with E-state index in [1.807, 2.05) is 31.2 Å². The Morgan fingerprint density at radius 2 is 1.59 bits per heavy atom. The second kappa shape index (κ2) is 9.41. The lowest BCUT2D eigenvalue weighted by Gasteiger charge is -2.10. The number of benzene rings is 3. The van der Waals surface area contributed by atoms with Crippen LogP contribution in [0.3, 0.4) is 0 Å². The summed E-state index contributed by atoms with van der Waals surface area (Å²) in [6.45, 7) is 1.87. The quantitative estimate of drug-likeness (QED) is 0.612. The van der Waals surface area contributed by atoms with Gasteiger partial charge in [0.15, 0.2) is 6.61 Å². The van der Waals surface area contributed by atoms with Crippen LogP contribution in [0.1, 0.15) is 11.1 Å². The van der Waals surface area contributed by atoms with Crippen molar-refractivity contribution < 1.29 is 19.1 Å². The first-order chi connectivity index (χ1) is 14.0. The Kier molecular flexibility index (Phi) is 6.47. The van der Waals surface area contributed by atoms with E-state index in [0.717, 1.165) is 16.9 Å². The molecule has 6 nitrogen and oxygen atoms in total. The van der Waals surface area contributed by atoms with Gasteiger partial charge in [0.25, 0.3) is 5.91 Å². The lowest BCUT2D eigenvalue weighted by atomic mass is 10.1. The molecule has 0 unspecified atom stereocenters. The number of nitrogens with two attached hydrogens (primary N) is 1. The van der Waals surface area contributed by atoms with Gasteiger partial charge >= 0.3 is 0 Å². The van der Waals surface area contributed by atoms with Crippen LogP contribution < -0.4 is 20.5 Å². The molecule has 3 rings (SSSR count). The highest BCUT2D eigenvalue weighted by molar-refractivity contribution is 5.91. The number of nitrogens with one attached hydrogen (secondary N) is 1. The fraction of sp³-hybridized carbons (Fsp3) is 0.130. The zero-order valence-electron chi connectivity index (χ0n) is 16.1. The lowest BCUT2D eigenvalue weighted by molar-refractivity contribution is -0.118. The first-order valence-electron chi connectivity index (χ1n) is 9.12. The smallest absolute Gasteiger partial charge is 0.262 e. The number of hydrogen-bond acceptors (Lipinski definition) is 4. The van der Waals surface area contributed by atoms with Crippen molar-refractivity contribution in [3.8, 4) is 17.2 Å². The zero-order valence-corrected chi connectivity index (χ0v) is 16.1. The van der Waals surface area contributed by atoms with Crippen LogP contribution in [0.15, 0.2) is 72.8 Å². The number of carbonyl (C=O) groups is 2. The highest BCUT2D eigenvalue weighted by Gasteiger charge is 2.05. The maximum Gasteiger partial charge on any atom is 0.262 e. The summed E-state index contributed by atoms with van der Waals surface area (Å²) in [5.41, 5.74) is 7.72. The second-order valence-corrected chi connectivity index (χ2v) is 6.57. The third-order valence-corrected chi connectivity index (χ3v) is 4.03. The molecular weight excluding hydrogens is 368 g/mol. The largest absolute Gasteiger partial charge is 0.484 e. The molecule has 3 aromatic rings. The monoisotopic (exact) mass is 390 g/mol. The Morgan fingerprint density at radius 1 is 0.897 bits per heavy atom. The summed E-state index contributed by atoms with van der Waals surface area (Å²) in [5, 5.41) is 2.77. The van der Waals surface area contributed by atoms with Crippen molar-refractivity contribution >= 4 is 17.5 Å². The molecule has 0 bridgehead atoms. The highest BCUT2D eigenvalue weighted by atomic mass is 16.5. The lowest BCUT2D eigenvalue weighted by Crippen LogP contribution is -2.20. The minimum absolute atomic E-state index is 0.128. The van der Waals surface area contributed by atoms with Gasteiger partial charge < -0.3 is 20.5 Å². The van der Waals surface area contributed by atoms with E-state index in [1.54, 1.807) is 48.5 Å². The van der Waals surface area contributed by atoms with E-state index in [1.165, 1.54) is 0 Å².